The van der Waals surface area contributed by atoms with Crippen molar-refractivity contribution in [2.45, 2.75) is 0 Å². The molecule has 342 valence electrons. The van der Waals surface area contributed by atoms with E-state index >= 15 is 0 Å². The van der Waals surface area contributed by atoms with Gasteiger partial charge in [0.25, 0.3) is 0 Å². The second kappa shape index (κ2) is 30.5. The number of pyridine rings is 2. The molecule has 0 bridgehead atoms. The molecule has 2 heterocycles. The van der Waals surface area contributed by atoms with Gasteiger partial charge in [0.2, 0.25) is 11.5 Å². The first-order valence-corrected chi connectivity index (χ1v) is 18.6. The van der Waals surface area contributed by atoms with Gasteiger partial charge in [0.15, 0.2) is 23.0 Å². The molecule has 0 amide bonds. The van der Waals surface area contributed by atoms with Gasteiger partial charge in [-0.25, -0.2) is 0 Å². The summed E-state index contributed by atoms with van der Waals surface area (Å²) in [5.41, 5.74) is 0.850. The average molecular weight is 1010 g/mol. The predicted octanol–water partition coefficient (Wildman–Crippen LogP) is 5.32. The van der Waals surface area contributed by atoms with Crippen LogP contribution in [0.5, 0.6) is 46.0 Å². The van der Waals surface area contributed by atoms with Crippen molar-refractivity contribution in [3.8, 4) is 46.0 Å². The summed E-state index contributed by atoms with van der Waals surface area (Å²) >= 11 is 11.6. The molecule has 0 N–H and O–H groups in total. The summed E-state index contributed by atoms with van der Waals surface area (Å²) in [4.78, 5) is 7.57. The molecule has 0 aliphatic rings. The third-order valence-electron chi connectivity index (χ3n) is 7.59. The van der Waals surface area contributed by atoms with Crippen molar-refractivity contribution < 1.29 is 83.0 Å². The number of ether oxygens (including phenoxy) is 6. The molecular formula is C44H40Cl2Cu2N6O10. The van der Waals surface area contributed by atoms with Crippen LogP contribution in [0.25, 0.3) is 0 Å². The van der Waals surface area contributed by atoms with E-state index in [1.54, 1.807) is 24.8 Å². The van der Waals surface area contributed by atoms with Crippen LogP contribution in [0.3, 0.4) is 0 Å². The normalized spacial score (nSPS) is 10.6. The summed E-state index contributed by atoms with van der Waals surface area (Å²) in [6, 6.07) is 25.7. The fourth-order valence-corrected chi connectivity index (χ4v) is 5.04. The monoisotopic (exact) mass is 1010 g/mol. The predicted molar refractivity (Wildman–Crippen MR) is 231 cm³/mol. The first-order valence-electron chi connectivity index (χ1n) is 17.8. The zero-order chi connectivity index (χ0) is 45.3. The van der Waals surface area contributed by atoms with Crippen LogP contribution < -0.4 is 48.8 Å². The molecule has 4 aromatic carbocycles. The van der Waals surface area contributed by atoms with E-state index in [0.29, 0.717) is 44.5 Å². The van der Waals surface area contributed by atoms with E-state index in [-0.39, 0.29) is 67.9 Å². The van der Waals surface area contributed by atoms with Crippen LogP contribution >= 0.6 is 23.2 Å². The molecule has 2 radical (unpaired) electrons. The Morgan fingerprint density at radius 3 is 1.03 bits per heavy atom. The topological polar surface area (TPSA) is 223 Å². The maximum Gasteiger partial charge on any atom is 2.00 e. The Kier molecular flexibility index (Phi) is 26.5. The zero-order valence-corrected chi connectivity index (χ0v) is 38.2. The molecule has 2 aromatic heterocycles. The van der Waals surface area contributed by atoms with Crippen LogP contribution in [0.15, 0.2) is 142 Å². The summed E-state index contributed by atoms with van der Waals surface area (Å²) in [6.45, 7) is 0. The summed E-state index contributed by atoms with van der Waals surface area (Å²) in [5.74, 6) is 0.186. The van der Waals surface area contributed by atoms with Crippen molar-refractivity contribution in [3.05, 3.63) is 154 Å². The number of hydrogen-bond acceptors (Lipinski definition) is 16. The minimum Gasteiger partial charge on any atom is -0.872 e. The number of benzene rings is 4. The third kappa shape index (κ3) is 18.1. The van der Waals surface area contributed by atoms with Gasteiger partial charge in [-0.15, -0.1) is 0 Å². The minimum atomic E-state index is -0.634. The molecule has 0 aliphatic carbocycles. The number of hydrogen-bond donors (Lipinski definition) is 0. The summed E-state index contributed by atoms with van der Waals surface area (Å²) in [5, 5.41) is 62.8. The van der Waals surface area contributed by atoms with E-state index < -0.39 is 11.8 Å². The Balaban J connectivity index is 0.000000493. The number of rotatable bonds is 12. The molecule has 64 heavy (non-hydrogen) atoms. The molecule has 0 saturated heterocycles. The van der Waals surface area contributed by atoms with Gasteiger partial charge >= 0.3 is 34.1 Å². The van der Waals surface area contributed by atoms with Crippen molar-refractivity contribution in [1.82, 2.24) is 9.97 Å². The molecule has 0 atom stereocenters. The second-order valence-electron chi connectivity index (χ2n) is 11.5. The Labute approximate surface area is 401 Å². The molecule has 0 aliphatic heterocycles. The van der Waals surface area contributed by atoms with Crippen molar-refractivity contribution in [3.63, 3.8) is 0 Å². The maximum atomic E-state index is 12.2. The second-order valence-corrected chi connectivity index (χ2v) is 12.4. The standard InChI is InChI=1S/2C17H17ClN2O5.2C5H5N.2Cu/c2*1-23-14-7-10(8-15(24-2)16(14)25-3)17(22)20-19-9-11-6-12(18)4-5-13(11)21;2*1-2-4-6-5-3-1;;/h2*4-9,21H,1-3H3,(H,20,22);2*1-5H;;/q;;;;2*+2/p-4/b2*19-9+;;;;. The Morgan fingerprint density at radius 1 is 0.484 bits per heavy atom. The first-order chi connectivity index (χ1) is 30.0. The van der Waals surface area contributed by atoms with Gasteiger partial charge in [0.1, 0.15) is 0 Å². The molecule has 0 unspecified atom stereocenters. The van der Waals surface area contributed by atoms with Gasteiger partial charge in [0.05, 0.1) is 55.1 Å². The molecule has 0 spiro atoms. The average Bonchev–Trinajstić information content (AvgIpc) is 3.31. The van der Waals surface area contributed by atoms with E-state index in [1.165, 1.54) is 116 Å². The molecule has 6 aromatic rings. The van der Waals surface area contributed by atoms with E-state index in [1.807, 2.05) is 36.4 Å². The van der Waals surface area contributed by atoms with Gasteiger partial charge in [-0.2, -0.15) is 20.4 Å². The van der Waals surface area contributed by atoms with Gasteiger partial charge in [0, 0.05) is 46.6 Å². The van der Waals surface area contributed by atoms with Crippen molar-refractivity contribution in [2.24, 2.45) is 20.4 Å². The van der Waals surface area contributed by atoms with Crippen molar-refractivity contribution >= 4 is 47.4 Å². The molecule has 0 fully saturated rings. The molecule has 20 heteroatoms. The third-order valence-corrected chi connectivity index (χ3v) is 8.06. The fraction of sp³-hybridized carbons (Fsp3) is 0.136. The summed E-state index contributed by atoms with van der Waals surface area (Å²) in [6.07, 6.45) is 9.34. The first kappa shape index (κ1) is 55.5. The zero-order valence-electron chi connectivity index (χ0n) is 34.8. The number of methoxy groups -OCH3 is 6. The molecule has 6 rings (SSSR count). The van der Waals surface area contributed by atoms with Crippen LogP contribution in [-0.4, -0.2) is 76.9 Å². The summed E-state index contributed by atoms with van der Waals surface area (Å²) < 4.78 is 31.1. The quantitative estimate of drug-likeness (QED) is 0.0658. The van der Waals surface area contributed by atoms with E-state index in [4.69, 9.17) is 51.6 Å². The van der Waals surface area contributed by atoms with Gasteiger partial charge in [-0.05, 0) is 95.1 Å². The Hall–Kier alpha value is -6.52. The Bertz CT molecular complexity index is 2160. The van der Waals surface area contributed by atoms with E-state index in [9.17, 15) is 20.4 Å². The van der Waals surface area contributed by atoms with E-state index in [0.717, 1.165) is 0 Å². The van der Waals surface area contributed by atoms with Gasteiger partial charge in [-0.3, -0.25) is 9.97 Å². The van der Waals surface area contributed by atoms with Crippen LogP contribution in [0.1, 0.15) is 22.3 Å². The molecular weight excluding hydrogens is 971 g/mol. The van der Waals surface area contributed by atoms with Gasteiger partial charge in [-0.1, -0.05) is 59.0 Å². The number of aromatic nitrogens is 2. The van der Waals surface area contributed by atoms with Gasteiger partial charge < -0.3 is 48.8 Å². The van der Waals surface area contributed by atoms with Crippen LogP contribution in [0, 0.1) is 0 Å². The minimum absolute atomic E-state index is 0. The number of halogens is 2. The molecule has 16 nitrogen and oxygen atoms in total. The maximum absolute atomic E-state index is 12.2. The van der Waals surface area contributed by atoms with Crippen LogP contribution in [-0.2, 0) is 34.1 Å². The number of nitrogens with zero attached hydrogens (tertiary/aromatic N) is 6. The smallest absolute Gasteiger partial charge is 0.872 e. The van der Waals surface area contributed by atoms with Crippen molar-refractivity contribution in [1.29, 1.82) is 0 Å². The Morgan fingerprint density at radius 2 is 0.797 bits per heavy atom. The van der Waals surface area contributed by atoms with Crippen LogP contribution in [0.4, 0.5) is 0 Å². The largest absolute Gasteiger partial charge is 2.00 e. The fourth-order valence-electron chi connectivity index (χ4n) is 4.68. The SMILES string of the molecule is COc1cc(/C([O-])=N/N=C/c2cc(Cl)ccc2[O-])cc(OC)c1OC.COc1cc(/C([O-])=N/N=C/c2cc(Cl)ccc2[O-])cc(OC)c1OC.[Cu+2].[Cu+2].c1ccncc1.c1ccncc1. The van der Waals surface area contributed by atoms with Crippen molar-refractivity contribution in [2.75, 3.05) is 42.7 Å². The van der Waals surface area contributed by atoms with E-state index in [2.05, 4.69) is 30.4 Å². The molecule has 0 saturated carbocycles. The van der Waals surface area contributed by atoms with Crippen LogP contribution in [0.2, 0.25) is 10.0 Å². The summed E-state index contributed by atoms with van der Waals surface area (Å²) in [7, 11) is 8.68.